The van der Waals surface area contributed by atoms with Gasteiger partial charge in [0.2, 0.25) is 0 Å². The van der Waals surface area contributed by atoms with Crippen molar-refractivity contribution >= 4 is 35.8 Å². The summed E-state index contributed by atoms with van der Waals surface area (Å²) in [4.78, 5) is 27.7. The molecular formula is C29H31ClN4O3. The molecule has 7 nitrogen and oxygen atoms in total. The lowest BCUT2D eigenvalue weighted by Gasteiger charge is -2.33. The highest BCUT2D eigenvalue weighted by Gasteiger charge is 2.24. The molecule has 1 heterocycles. The van der Waals surface area contributed by atoms with Crippen LogP contribution in [0.3, 0.4) is 0 Å². The fourth-order valence-electron chi connectivity index (χ4n) is 4.76. The number of likely N-dealkylation sites (tertiary alicyclic amines) is 1. The predicted molar refractivity (Wildman–Crippen MR) is 147 cm³/mol. The van der Waals surface area contributed by atoms with Crippen LogP contribution in [0.25, 0.3) is 0 Å². The number of nitriles is 1. The molecule has 0 saturated carbocycles. The largest absolute Gasteiger partial charge is 0.465 e. The summed E-state index contributed by atoms with van der Waals surface area (Å²) in [5, 5.41) is 14.8. The topological polar surface area (TPSA) is 94.5 Å². The normalized spacial score (nSPS) is 15.1. The first kappa shape index (κ1) is 27.7. The number of rotatable bonds is 7. The molecule has 4 rings (SSSR count). The van der Waals surface area contributed by atoms with E-state index in [0.29, 0.717) is 35.0 Å². The minimum atomic E-state index is -0.450. The SMILES string of the molecule is COC(=O)c1cccc(NC(=O)Nc2cccc(C#N)c2)c1CN1CCCC(Cc2ccccc2)C1.Cl. The number of esters is 1. The van der Waals surface area contributed by atoms with Crippen LogP contribution in [0.4, 0.5) is 16.2 Å². The number of ether oxygens (including phenoxy) is 1. The summed E-state index contributed by atoms with van der Waals surface area (Å²) in [5.74, 6) is 0.0900. The molecule has 0 radical (unpaired) electrons. The Hall–Kier alpha value is -3.86. The van der Waals surface area contributed by atoms with Gasteiger partial charge in [-0.1, -0.05) is 42.5 Å². The van der Waals surface area contributed by atoms with Crippen molar-refractivity contribution in [3.8, 4) is 6.07 Å². The summed E-state index contributed by atoms with van der Waals surface area (Å²) >= 11 is 0. The Bertz CT molecular complexity index is 1260. The lowest BCUT2D eigenvalue weighted by Crippen LogP contribution is -2.36. The van der Waals surface area contributed by atoms with Crippen LogP contribution in [0.15, 0.2) is 72.8 Å². The van der Waals surface area contributed by atoms with Crippen molar-refractivity contribution in [2.24, 2.45) is 5.92 Å². The van der Waals surface area contributed by atoms with E-state index in [0.717, 1.165) is 31.5 Å². The lowest BCUT2D eigenvalue weighted by atomic mass is 9.91. The number of piperidine rings is 1. The van der Waals surface area contributed by atoms with E-state index in [4.69, 9.17) is 10.00 Å². The second-order valence-corrected chi connectivity index (χ2v) is 9.03. The fourth-order valence-corrected chi connectivity index (χ4v) is 4.76. The summed E-state index contributed by atoms with van der Waals surface area (Å²) in [6.45, 7) is 2.36. The minimum Gasteiger partial charge on any atom is -0.465 e. The monoisotopic (exact) mass is 518 g/mol. The van der Waals surface area contributed by atoms with Gasteiger partial charge >= 0.3 is 12.0 Å². The van der Waals surface area contributed by atoms with Crippen molar-refractivity contribution < 1.29 is 14.3 Å². The van der Waals surface area contributed by atoms with Gasteiger partial charge in [-0.15, -0.1) is 12.4 Å². The molecule has 3 aromatic carbocycles. The van der Waals surface area contributed by atoms with E-state index >= 15 is 0 Å². The molecule has 1 fully saturated rings. The third-order valence-corrected chi connectivity index (χ3v) is 6.43. The number of nitrogens with one attached hydrogen (secondary N) is 2. The number of nitrogens with zero attached hydrogens (tertiary/aromatic N) is 2. The van der Waals surface area contributed by atoms with Crippen LogP contribution < -0.4 is 10.6 Å². The summed E-state index contributed by atoms with van der Waals surface area (Å²) in [6.07, 6.45) is 3.26. The number of urea groups is 1. The van der Waals surface area contributed by atoms with E-state index in [9.17, 15) is 9.59 Å². The Morgan fingerprint density at radius 1 is 1.05 bits per heavy atom. The highest BCUT2D eigenvalue weighted by molar-refractivity contribution is 6.02. The van der Waals surface area contributed by atoms with Crippen LogP contribution in [0.1, 0.15) is 39.9 Å². The van der Waals surface area contributed by atoms with Crippen molar-refractivity contribution in [1.82, 2.24) is 4.90 Å². The van der Waals surface area contributed by atoms with Gasteiger partial charge in [-0.05, 0) is 67.6 Å². The third-order valence-electron chi connectivity index (χ3n) is 6.43. The van der Waals surface area contributed by atoms with Gasteiger partial charge < -0.3 is 15.4 Å². The van der Waals surface area contributed by atoms with E-state index in [1.807, 2.05) is 6.07 Å². The molecule has 37 heavy (non-hydrogen) atoms. The average molecular weight is 519 g/mol. The maximum absolute atomic E-state index is 12.8. The molecule has 2 N–H and O–H groups in total. The number of carbonyl (C=O) groups is 2. The standard InChI is InChI=1S/C29H30N4O3.ClH/c1-36-28(34)25-13-6-14-27(32-29(35)31-24-12-5-10-22(17-24)18-30)26(25)20-33-15-7-11-23(19-33)16-21-8-3-2-4-9-21;/h2-6,8-10,12-14,17,23H,7,11,15-16,19-20H2,1H3,(H2,31,32,35);1H. The predicted octanol–water partition coefficient (Wildman–Crippen LogP) is 5.87. The quantitative estimate of drug-likeness (QED) is 0.382. The summed E-state index contributed by atoms with van der Waals surface area (Å²) in [7, 11) is 1.36. The Labute approximate surface area is 223 Å². The zero-order valence-electron chi connectivity index (χ0n) is 20.8. The number of halogens is 1. The number of carbonyl (C=O) groups excluding carboxylic acids is 2. The van der Waals surface area contributed by atoms with Gasteiger partial charge in [0, 0.05) is 30.0 Å². The highest BCUT2D eigenvalue weighted by Crippen LogP contribution is 2.27. The minimum absolute atomic E-state index is 0. The molecule has 3 aromatic rings. The lowest BCUT2D eigenvalue weighted by molar-refractivity contribution is 0.0597. The van der Waals surface area contributed by atoms with Gasteiger partial charge in [0.1, 0.15) is 0 Å². The van der Waals surface area contributed by atoms with E-state index in [1.54, 1.807) is 42.5 Å². The zero-order valence-corrected chi connectivity index (χ0v) is 21.6. The van der Waals surface area contributed by atoms with Crippen LogP contribution in [0.2, 0.25) is 0 Å². The molecule has 2 amide bonds. The van der Waals surface area contributed by atoms with Crippen molar-refractivity contribution in [2.45, 2.75) is 25.8 Å². The molecule has 0 aliphatic carbocycles. The molecular weight excluding hydrogens is 488 g/mol. The van der Waals surface area contributed by atoms with Gasteiger partial charge in [-0.2, -0.15) is 5.26 Å². The first-order valence-corrected chi connectivity index (χ1v) is 12.1. The van der Waals surface area contributed by atoms with Gasteiger partial charge in [-0.25, -0.2) is 9.59 Å². The van der Waals surface area contributed by atoms with Crippen molar-refractivity contribution in [1.29, 1.82) is 5.26 Å². The van der Waals surface area contributed by atoms with Gasteiger partial charge in [-0.3, -0.25) is 4.90 Å². The van der Waals surface area contributed by atoms with Gasteiger partial charge in [0.15, 0.2) is 0 Å². The molecule has 1 aliphatic rings. The Kier molecular flexibility index (Phi) is 10.1. The second kappa shape index (κ2) is 13.4. The number of amides is 2. The molecule has 1 aliphatic heterocycles. The molecule has 1 saturated heterocycles. The number of benzene rings is 3. The van der Waals surface area contributed by atoms with Crippen molar-refractivity contribution in [2.75, 3.05) is 30.8 Å². The van der Waals surface area contributed by atoms with Gasteiger partial charge in [0.05, 0.1) is 24.3 Å². The van der Waals surface area contributed by atoms with Crippen LogP contribution in [0.5, 0.6) is 0 Å². The summed E-state index contributed by atoms with van der Waals surface area (Å²) in [5.41, 5.74) is 4.02. The van der Waals surface area contributed by atoms with E-state index < -0.39 is 12.0 Å². The van der Waals surface area contributed by atoms with E-state index in [1.165, 1.54) is 19.1 Å². The van der Waals surface area contributed by atoms with Crippen molar-refractivity contribution in [3.05, 3.63) is 95.1 Å². The Balaban J connectivity index is 0.00000380. The van der Waals surface area contributed by atoms with E-state index in [2.05, 4.69) is 45.9 Å². The van der Waals surface area contributed by atoms with Gasteiger partial charge in [0.25, 0.3) is 0 Å². The summed E-state index contributed by atoms with van der Waals surface area (Å²) < 4.78 is 5.03. The highest BCUT2D eigenvalue weighted by atomic mass is 35.5. The second-order valence-electron chi connectivity index (χ2n) is 9.03. The number of hydrogen-bond donors (Lipinski definition) is 2. The number of methoxy groups -OCH3 is 1. The molecule has 0 bridgehead atoms. The maximum Gasteiger partial charge on any atom is 0.338 e. The molecule has 1 atom stereocenters. The first-order valence-electron chi connectivity index (χ1n) is 12.1. The molecule has 0 spiro atoms. The molecule has 8 heteroatoms. The first-order chi connectivity index (χ1) is 17.6. The number of anilines is 2. The number of hydrogen-bond acceptors (Lipinski definition) is 5. The molecule has 192 valence electrons. The fraction of sp³-hybridized carbons (Fsp3) is 0.276. The van der Waals surface area contributed by atoms with Crippen LogP contribution in [-0.2, 0) is 17.7 Å². The molecule has 0 aromatic heterocycles. The smallest absolute Gasteiger partial charge is 0.338 e. The maximum atomic E-state index is 12.8. The van der Waals surface area contributed by atoms with Crippen molar-refractivity contribution in [3.63, 3.8) is 0 Å². The molecule has 1 unspecified atom stereocenters. The van der Waals surface area contributed by atoms with Crippen LogP contribution in [0, 0.1) is 17.2 Å². The van der Waals surface area contributed by atoms with Crippen LogP contribution in [-0.4, -0.2) is 37.1 Å². The summed E-state index contributed by atoms with van der Waals surface area (Å²) in [6, 6.07) is 24.1. The Morgan fingerprint density at radius 2 is 1.84 bits per heavy atom. The third kappa shape index (κ3) is 7.56. The van der Waals surface area contributed by atoms with E-state index in [-0.39, 0.29) is 12.4 Å². The average Bonchev–Trinajstić information content (AvgIpc) is 2.90. The Morgan fingerprint density at radius 3 is 2.59 bits per heavy atom. The van der Waals surface area contributed by atoms with Crippen LogP contribution >= 0.6 is 12.4 Å². The zero-order chi connectivity index (χ0) is 25.3.